The molecule has 0 aliphatic rings. The van der Waals surface area contributed by atoms with Gasteiger partial charge in [-0.3, -0.25) is 14.6 Å². The topological polar surface area (TPSA) is 117 Å². The zero-order valence-electron chi connectivity index (χ0n) is 11.0. The fourth-order valence-electron chi connectivity index (χ4n) is 1.50. The minimum absolute atomic E-state index is 0.0183. The van der Waals surface area contributed by atoms with Crippen LogP contribution in [0.25, 0.3) is 0 Å². The largest absolute Gasteiger partial charge is 0.495 e. The normalized spacial score (nSPS) is 10.1. The Balaban J connectivity index is 1.99. The lowest BCUT2D eigenvalue weighted by Crippen LogP contribution is -2.25. The van der Waals surface area contributed by atoms with Gasteiger partial charge in [-0.1, -0.05) is 23.9 Å². The predicted molar refractivity (Wildman–Crippen MR) is 77.8 cm³/mol. The van der Waals surface area contributed by atoms with Crippen molar-refractivity contribution in [2.24, 2.45) is 0 Å². The number of benzene rings is 1. The minimum atomic E-state index is -0.692. The Morgan fingerprint density at radius 3 is 2.86 bits per heavy atom. The van der Waals surface area contributed by atoms with E-state index in [1.165, 1.54) is 7.11 Å². The molecule has 0 atom stereocenters. The molecule has 0 unspecified atom stereocenters. The molecule has 0 saturated heterocycles. The molecule has 1 heterocycles. The molecule has 1 aromatic heterocycles. The Hall–Kier alpha value is -2.55. The fraction of sp³-hybridized carbons (Fsp3) is 0.167. The average molecular weight is 308 g/mol. The van der Waals surface area contributed by atoms with Gasteiger partial charge in [-0.15, -0.1) is 0 Å². The van der Waals surface area contributed by atoms with Crippen molar-refractivity contribution >= 4 is 23.4 Å². The van der Waals surface area contributed by atoms with Crippen molar-refractivity contribution in [3.05, 3.63) is 45.1 Å². The van der Waals surface area contributed by atoms with E-state index in [2.05, 4.69) is 15.5 Å². The number of aromatic amines is 2. The monoisotopic (exact) mass is 308 g/mol. The van der Waals surface area contributed by atoms with Crippen LogP contribution >= 0.6 is 11.8 Å². The number of amides is 1. The van der Waals surface area contributed by atoms with E-state index in [0.717, 1.165) is 11.8 Å². The van der Waals surface area contributed by atoms with Gasteiger partial charge in [0, 0.05) is 0 Å². The van der Waals surface area contributed by atoms with E-state index in [9.17, 15) is 14.4 Å². The second-order valence-corrected chi connectivity index (χ2v) is 4.81. The average Bonchev–Trinajstić information content (AvgIpc) is 2.47. The second-order valence-electron chi connectivity index (χ2n) is 3.85. The summed E-state index contributed by atoms with van der Waals surface area (Å²) in [7, 11) is 1.50. The molecule has 0 aliphatic carbocycles. The Kier molecular flexibility index (Phi) is 4.77. The maximum atomic E-state index is 11.8. The number of methoxy groups -OCH3 is 1. The lowest BCUT2D eigenvalue weighted by Gasteiger charge is -2.09. The molecule has 0 aliphatic heterocycles. The number of thioether (sulfide) groups is 1. The van der Waals surface area contributed by atoms with Crippen molar-refractivity contribution in [1.29, 1.82) is 0 Å². The Labute approximate surface area is 122 Å². The number of anilines is 1. The summed E-state index contributed by atoms with van der Waals surface area (Å²) in [6.07, 6.45) is 0. The summed E-state index contributed by atoms with van der Waals surface area (Å²) in [5.41, 5.74) is -0.786. The highest BCUT2D eigenvalue weighted by Crippen LogP contribution is 2.23. The molecule has 2 aromatic rings. The van der Waals surface area contributed by atoms with Crippen molar-refractivity contribution in [3.63, 3.8) is 0 Å². The molecule has 1 aromatic carbocycles. The standard InChI is InChI=1S/C12H12N4O4S/c1-20-8-5-3-2-4-7(8)13-9(17)6-21-11-10(18)14-12(19)16-15-11/h2-5H,6H2,1H3,(H,13,17)(H2,14,16,18,19). The van der Waals surface area contributed by atoms with Gasteiger partial charge in [0.05, 0.1) is 18.6 Å². The molecule has 1 amide bonds. The van der Waals surface area contributed by atoms with Crippen molar-refractivity contribution in [1.82, 2.24) is 15.2 Å². The third-order valence-electron chi connectivity index (χ3n) is 2.40. The Bertz CT molecular complexity index is 755. The number of nitrogens with one attached hydrogen (secondary N) is 3. The first-order valence-electron chi connectivity index (χ1n) is 5.85. The molecular formula is C12H12N4O4S. The molecule has 3 N–H and O–H groups in total. The van der Waals surface area contributed by atoms with Gasteiger partial charge in [0.1, 0.15) is 5.75 Å². The first-order chi connectivity index (χ1) is 10.1. The first kappa shape index (κ1) is 14.9. The van der Waals surface area contributed by atoms with Crippen LogP contribution < -0.4 is 21.3 Å². The van der Waals surface area contributed by atoms with Gasteiger partial charge in [0.15, 0.2) is 5.03 Å². The highest BCUT2D eigenvalue weighted by molar-refractivity contribution is 7.99. The van der Waals surface area contributed by atoms with Crippen LogP contribution in [0.2, 0.25) is 0 Å². The van der Waals surface area contributed by atoms with E-state index in [4.69, 9.17) is 4.74 Å². The van der Waals surface area contributed by atoms with Gasteiger partial charge < -0.3 is 10.1 Å². The molecule has 21 heavy (non-hydrogen) atoms. The summed E-state index contributed by atoms with van der Waals surface area (Å²) in [6.45, 7) is 0. The maximum absolute atomic E-state index is 11.8. The lowest BCUT2D eigenvalue weighted by molar-refractivity contribution is -0.113. The fourth-order valence-corrected chi connectivity index (χ4v) is 2.14. The Morgan fingerprint density at radius 1 is 1.38 bits per heavy atom. The zero-order chi connectivity index (χ0) is 15.2. The third kappa shape index (κ3) is 3.96. The highest BCUT2D eigenvalue weighted by atomic mass is 32.2. The van der Waals surface area contributed by atoms with Gasteiger partial charge in [-0.2, -0.15) is 5.10 Å². The molecule has 0 bridgehead atoms. The van der Waals surface area contributed by atoms with E-state index in [1.807, 2.05) is 4.98 Å². The quantitative estimate of drug-likeness (QED) is 0.679. The second kappa shape index (κ2) is 6.75. The van der Waals surface area contributed by atoms with Crippen LogP contribution in [-0.4, -0.2) is 34.0 Å². The van der Waals surface area contributed by atoms with Crippen LogP contribution in [-0.2, 0) is 4.79 Å². The van der Waals surface area contributed by atoms with Gasteiger partial charge >= 0.3 is 5.69 Å². The number of aromatic nitrogens is 3. The number of carbonyl (C=O) groups excluding carboxylic acids is 1. The van der Waals surface area contributed by atoms with Crippen LogP contribution in [0.15, 0.2) is 38.9 Å². The predicted octanol–water partition coefficient (Wildman–Crippen LogP) is 0.198. The van der Waals surface area contributed by atoms with Crippen LogP contribution in [0.4, 0.5) is 5.69 Å². The van der Waals surface area contributed by atoms with Gasteiger partial charge in [-0.25, -0.2) is 9.89 Å². The molecule has 9 heteroatoms. The summed E-state index contributed by atoms with van der Waals surface area (Å²) in [4.78, 5) is 36.1. The maximum Gasteiger partial charge on any atom is 0.342 e. The number of rotatable bonds is 5. The summed E-state index contributed by atoms with van der Waals surface area (Å²) in [6, 6.07) is 6.97. The number of nitrogens with zero attached hydrogens (tertiary/aromatic N) is 1. The number of hydrogen-bond acceptors (Lipinski definition) is 6. The number of ether oxygens (including phenoxy) is 1. The van der Waals surface area contributed by atoms with Crippen LogP contribution in [0.3, 0.4) is 0 Å². The Morgan fingerprint density at radius 2 is 2.14 bits per heavy atom. The highest BCUT2D eigenvalue weighted by Gasteiger charge is 2.10. The first-order valence-corrected chi connectivity index (χ1v) is 6.83. The summed E-state index contributed by atoms with van der Waals surface area (Å²) in [5.74, 6) is 0.188. The van der Waals surface area contributed by atoms with Crippen LogP contribution in [0, 0.1) is 0 Å². The van der Waals surface area contributed by atoms with Crippen LogP contribution in [0.1, 0.15) is 0 Å². The van der Waals surface area contributed by atoms with Gasteiger partial charge in [0.25, 0.3) is 5.56 Å². The SMILES string of the molecule is COc1ccccc1NC(=O)CSc1n[nH]c(=O)[nH]c1=O. The van der Waals surface area contributed by atoms with E-state index in [1.54, 1.807) is 24.3 Å². The van der Waals surface area contributed by atoms with Crippen molar-refractivity contribution in [3.8, 4) is 5.75 Å². The number of carbonyl (C=O) groups is 1. The van der Waals surface area contributed by atoms with Crippen molar-refractivity contribution < 1.29 is 9.53 Å². The van der Waals surface area contributed by atoms with E-state index >= 15 is 0 Å². The molecule has 110 valence electrons. The van der Waals surface area contributed by atoms with E-state index in [-0.39, 0.29) is 16.7 Å². The lowest BCUT2D eigenvalue weighted by atomic mass is 10.3. The molecule has 0 fully saturated rings. The zero-order valence-corrected chi connectivity index (χ0v) is 11.8. The smallest absolute Gasteiger partial charge is 0.342 e. The number of hydrogen-bond donors (Lipinski definition) is 3. The molecular weight excluding hydrogens is 296 g/mol. The molecule has 0 spiro atoms. The molecule has 2 rings (SSSR count). The van der Waals surface area contributed by atoms with Gasteiger partial charge in [-0.05, 0) is 12.1 Å². The molecule has 8 nitrogen and oxygen atoms in total. The number of para-hydroxylation sites is 2. The van der Waals surface area contributed by atoms with E-state index in [0.29, 0.717) is 11.4 Å². The third-order valence-corrected chi connectivity index (χ3v) is 3.36. The minimum Gasteiger partial charge on any atom is -0.495 e. The molecule has 0 saturated carbocycles. The van der Waals surface area contributed by atoms with Crippen LogP contribution in [0.5, 0.6) is 5.75 Å². The summed E-state index contributed by atoms with van der Waals surface area (Å²) in [5, 5.41) is 8.35. The summed E-state index contributed by atoms with van der Waals surface area (Å²) < 4.78 is 5.11. The van der Waals surface area contributed by atoms with Crippen molar-refractivity contribution in [2.45, 2.75) is 5.03 Å². The molecule has 0 radical (unpaired) electrons. The van der Waals surface area contributed by atoms with Crippen molar-refractivity contribution in [2.75, 3.05) is 18.2 Å². The summed E-state index contributed by atoms with van der Waals surface area (Å²) >= 11 is 0.919. The van der Waals surface area contributed by atoms with Gasteiger partial charge in [0.2, 0.25) is 5.91 Å². The number of H-pyrrole nitrogens is 2. The van der Waals surface area contributed by atoms with E-state index < -0.39 is 11.2 Å².